The quantitative estimate of drug-likeness (QED) is 0.500. The first kappa shape index (κ1) is 17.9. The molecule has 28 heavy (non-hydrogen) atoms. The van der Waals surface area contributed by atoms with Crippen LogP contribution in [0.4, 0.5) is 0 Å². The van der Waals surface area contributed by atoms with Gasteiger partial charge in [-0.2, -0.15) is 5.10 Å². The van der Waals surface area contributed by atoms with Gasteiger partial charge in [0, 0.05) is 0 Å². The molecule has 7 nitrogen and oxygen atoms in total. The molecule has 0 bridgehead atoms. The second kappa shape index (κ2) is 6.94. The Morgan fingerprint density at radius 3 is 2.18 bits per heavy atom. The maximum absolute atomic E-state index is 12.6. The lowest BCUT2D eigenvalue weighted by Crippen LogP contribution is -2.33. The number of benzene rings is 2. The number of imide groups is 1. The molecule has 0 atom stereocenters. The third-order valence-corrected chi connectivity index (χ3v) is 4.76. The Bertz CT molecular complexity index is 1070. The lowest BCUT2D eigenvalue weighted by atomic mass is 10.1. The highest BCUT2D eigenvalue weighted by Gasteiger charge is 2.36. The van der Waals surface area contributed by atoms with E-state index in [0.717, 1.165) is 4.90 Å². The minimum Gasteiger partial charge on any atom is -0.440 e. The summed E-state index contributed by atoms with van der Waals surface area (Å²) in [6.07, 6.45) is 0. The average Bonchev–Trinajstić information content (AvgIpc) is 3.14. The van der Waals surface area contributed by atoms with Crippen molar-refractivity contribution >= 4 is 29.4 Å². The molecule has 1 aliphatic heterocycles. The average molecular weight is 396 g/mol. The highest BCUT2D eigenvalue weighted by atomic mass is 35.5. The van der Waals surface area contributed by atoms with Crippen LogP contribution in [0.25, 0.3) is 5.69 Å². The largest absolute Gasteiger partial charge is 0.440 e. The van der Waals surface area contributed by atoms with E-state index in [2.05, 4.69) is 5.10 Å². The number of para-hydroxylation sites is 1. The first-order valence-electron chi connectivity index (χ1n) is 8.42. The molecule has 0 spiro atoms. The minimum atomic E-state index is -0.763. The zero-order chi connectivity index (χ0) is 19.8. The number of esters is 1. The first-order valence-corrected chi connectivity index (χ1v) is 8.79. The highest BCUT2D eigenvalue weighted by molar-refractivity contribution is 6.33. The number of hydrogen-bond acceptors (Lipinski definition) is 5. The number of carbonyl (C=O) groups is 3. The molecule has 2 heterocycles. The fraction of sp³-hybridized carbons (Fsp3) is 0.100. The fourth-order valence-corrected chi connectivity index (χ4v) is 3.37. The van der Waals surface area contributed by atoms with Crippen molar-refractivity contribution in [3.63, 3.8) is 0 Å². The second-order valence-corrected chi connectivity index (χ2v) is 6.50. The van der Waals surface area contributed by atoms with Crippen LogP contribution >= 0.6 is 11.6 Å². The van der Waals surface area contributed by atoms with E-state index in [4.69, 9.17) is 16.3 Å². The molecule has 0 fully saturated rings. The molecule has 4 rings (SSSR count). The van der Waals surface area contributed by atoms with Crippen molar-refractivity contribution < 1.29 is 19.1 Å². The van der Waals surface area contributed by atoms with Crippen LogP contribution in [-0.2, 0) is 4.74 Å². The number of hydrogen-bond donors (Lipinski definition) is 0. The van der Waals surface area contributed by atoms with E-state index >= 15 is 0 Å². The van der Waals surface area contributed by atoms with Crippen molar-refractivity contribution in [1.29, 1.82) is 0 Å². The zero-order valence-electron chi connectivity index (χ0n) is 14.8. The van der Waals surface area contributed by atoms with Gasteiger partial charge in [0.15, 0.2) is 6.73 Å². The molecule has 0 unspecified atom stereocenters. The lowest BCUT2D eigenvalue weighted by molar-refractivity contribution is 0.0228. The van der Waals surface area contributed by atoms with Gasteiger partial charge in [0.2, 0.25) is 0 Å². The molecule has 0 radical (unpaired) electrons. The van der Waals surface area contributed by atoms with E-state index in [1.54, 1.807) is 43.3 Å². The molecule has 0 saturated carbocycles. The molecule has 0 aliphatic carbocycles. The summed E-state index contributed by atoms with van der Waals surface area (Å²) in [4.78, 5) is 38.1. The Hall–Kier alpha value is -3.45. The second-order valence-electron chi connectivity index (χ2n) is 6.14. The molecule has 1 aliphatic rings. The Kier molecular flexibility index (Phi) is 4.44. The molecule has 0 saturated heterocycles. The van der Waals surface area contributed by atoms with Crippen LogP contribution in [0.3, 0.4) is 0 Å². The summed E-state index contributed by atoms with van der Waals surface area (Å²) in [5.41, 5.74) is 1.72. The topological polar surface area (TPSA) is 81.5 Å². The van der Waals surface area contributed by atoms with E-state index in [0.29, 0.717) is 11.4 Å². The van der Waals surface area contributed by atoms with Gasteiger partial charge in [0.05, 0.1) is 22.5 Å². The van der Waals surface area contributed by atoms with Gasteiger partial charge in [-0.25, -0.2) is 14.4 Å². The summed E-state index contributed by atoms with van der Waals surface area (Å²) in [7, 11) is 0. The predicted molar refractivity (Wildman–Crippen MR) is 101 cm³/mol. The van der Waals surface area contributed by atoms with Crippen LogP contribution < -0.4 is 0 Å². The van der Waals surface area contributed by atoms with Gasteiger partial charge in [0.1, 0.15) is 10.7 Å². The maximum atomic E-state index is 12.6. The van der Waals surface area contributed by atoms with Crippen LogP contribution in [-0.4, -0.2) is 39.2 Å². The number of aromatic nitrogens is 2. The van der Waals surface area contributed by atoms with Crippen LogP contribution in [0.1, 0.15) is 36.8 Å². The van der Waals surface area contributed by atoms with Crippen molar-refractivity contribution in [3.8, 4) is 5.69 Å². The smallest absolute Gasteiger partial charge is 0.344 e. The standard InChI is InChI=1S/C20H14ClN3O4/c1-12-16(17(21)24(22-12)13-7-3-2-4-8-13)20(27)28-11-23-18(25)14-9-5-6-10-15(14)19(23)26/h2-10H,11H2,1H3. The van der Waals surface area contributed by atoms with Gasteiger partial charge in [-0.15, -0.1) is 0 Å². The first-order chi connectivity index (χ1) is 13.5. The highest BCUT2D eigenvalue weighted by Crippen LogP contribution is 2.26. The van der Waals surface area contributed by atoms with Gasteiger partial charge < -0.3 is 4.74 Å². The predicted octanol–water partition coefficient (Wildman–Crippen LogP) is 3.24. The van der Waals surface area contributed by atoms with Gasteiger partial charge in [-0.3, -0.25) is 9.59 Å². The molecule has 0 N–H and O–H groups in total. The monoisotopic (exact) mass is 395 g/mol. The molecular formula is C20H14ClN3O4. The van der Waals surface area contributed by atoms with Crippen molar-refractivity contribution in [1.82, 2.24) is 14.7 Å². The summed E-state index contributed by atoms with van der Waals surface area (Å²) >= 11 is 6.34. The van der Waals surface area contributed by atoms with E-state index in [9.17, 15) is 14.4 Å². The maximum Gasteiger partial charge on any atom is 0.344 e. The van der Waals surface area contributed by atoms with Crippen LogP contribution in [0, 0.1) is 6.92 Å². The molecule has 140 valence electrons. The van der Waals surface area contributed by atoms with Crippen LogP contribution in [0.2, 0.25) is 5.15 Å². The Morgan fingerprint density at radius 2 is 1.57 bits per heavy atom. The molecule has 8 heteroatoms. The number of amides is 2. The van der Waals surface area contributed by atoms with Crippen molar-refractivity contribution in [2.24, 2.45) is 0 Å². The van der Waals surface area contributed by atoms with E-state index in [1.807, 2.05) is 18.2 Å². The van der Waals surface area contributed by atoms with E-state index in [-0.39, 0.29) is 21.8 Å². The molecule has 3 aromatic rings. The third-order valence-electron chi connectivity index (χ3n) is 4.41. The van der Waals surface area contributed by atoms with Crippen LogP contribution in [0.5, 0.6) is 0 Å². The number of rotatable bonds is 4. The zero-order valence-corrected chi connectivity index (χ0v) is 15.5. The summed E-state index contributed by atoms with van der Waals surface area (Å²) in [6, 6.07) is 15.5. The Morgan fingerprint density at radius 1 is 1.00 bits per heavy atom. The summed E-state index contributed by atoms with van der Waals surface area (Å²) in [5.74, 6) is -1.77. The fourth-order valence-electron chi connectivity index (χ4n) is 3.02. The SMILES string of the molecule is Cc1nn(-c2ccccc2)c(Cl)c1C(=O)OCN1C(=O)c2ccccc2C1=O. The number of nitrogens with zero attached hydrogens (tertiary/aromatic N) is 3. The van der Waals surface area contributed by atoms with E-state index in [1.165, 1.54) is 4.68 Å². The number of halogens is 1. The minimum absolute atomic E-state index is 0.0853. The molecular weight excluding hydrogens is 382 g/mol. The Balaban J connectivity index is 1.54. The number of aryl methyl sites for hydroxylation is 1. The number of fused-ring (bicyclic) bond motifs is 1. The van der Waals surface area contributed by atoms with Crippen LogP contribution in [0.15, 0.2) is 54.6 Å². The lowest BCUT2D eigenvalue weighted by Gasteiger charge is -2.13. The third kappa shape index (κ3) is 2.86. The summed E-state index contributed by atoms with van der Waals surface area (Å²) < 4.78 is 6.63. The van der Waals surface area contributed by atoms with Gasteiger partial charge in [0.25, 0.3) is 11.8 Å². The molecule has 2 aromatic carbocycles. The summed E-state index contributed by atoms with van der Waals surface area (Å²) in [5, 5.41) is 4.37. The molecule has 1 aromatic heterocycles. The van der Waals surface area contributed by atoms with Crippen molar-refractivity contribution in [2.45, 2.75) is 6.92 Å². The number of ether oxygens (including phenoxy) is 1. The van der Waals surface area contributed by atoms with Gasteiger partial charge >= 0.3 is 5.97 Å². The molecule has 2 amide bonds. The summed E-state index contributed by atoms with van der Waals surface area (Å²) in [6.45, 7) is 1.13. The normalized spacial score (nSPS) is 13.0. The Labute approximate surface area is 165 Å². The number of carbonyl (C=O) groups excluding carboxylic acids is 3. The van der Waals surface area contributed by atoms with Gasteiger partial charge in [-0.1, -0.05) is 41.9 Å². The van der Waals surface area contributed by atoms with Crippen molar-refractivity contribution in [3.05, 3.63) is 82.1 Å². The van der Waals surface area contributed by atoms with E-state index < -0.39 is 24.5 Å². The van der Waals surface area contributed by atoms with Gasteiger partial charge in [-0.05, 0) is 31.2 Å². The van der Waals surface area contributed by atoms with Crippen molar-refractivity contribution in [2.75, 3.05) is 6.73 Å².